The lowest BCUT2D eigenvalue weighted by molar-refractivity contribution is -0.127. The average molecular weight is 394 g/mol. The Labute approximate surface area is 168 Å². The largest absolute Gasteiger partial charge is 0.342 e. The van der Waals surface area contributed by atoms with Gasteiger partial charge in [-0.2, -0.15) is 0 Å². The van der Waals surface area contributed by atoms with Crippen molar-refractivity contribution in [3.8, 4) is 5.69 Å². The van der Waals surface area contributed by atoms with Gasteiger partial charge in [-0.15, -0.1) is 0 Å². The number of carbonyl (C=O) groups is 1. The lowest BCUT2D eigenvalue weighted by Gasteiger charge is -2.18. The van der Waals surface area contributed by atoms with E-state index in [2.05, 4.69) is 0 Å². The summed E-state index contributed by atoms with van der Waals surface area (Å²) in [5.41, 5.74) is 3.52. The van der Waals surface area contributed by atoms with Crippen molar-refractivity contribution in [1.29, 1.82) is 0 Å². The molecule has 0 radical (unpaired) electrons. The van der Waals surface area contributed by atoms with Gasteiger partial charge in [-0.3, -0.25) is 14.2 Å². The van der Waals surface area contributed by atoms with E-state index in [1.165, 1.54) is 11.8 Å². The molecule has 1 amide bonds. The van der Waals surface area contributed by atoms with Crippen LogP contribution in [0.3, 0.4) is 0 Å². The van der Waals surface area contributed by atoms with E-state index >= 15 is 0 Å². The molecule has 0 saturated carbocycles. The van der Waals surface area contributed by atoms with Crippen LogP contribution in [0.4, 0.5) is 0 Å². The highest BCUT2D eigenvalue weighted by Crippen LogP contribution is 2.25. The molecule has 0 atom stereocenters. The van der Waals surface area contributed by atoms with E-state index in [1.54, 1.807) is 10.6 Å². The zero-order valence-electron chi connectivity index (χ0n) is 16.1. The van der Waals surface area contributed by atoms with Crippen molar-refractivity contribution in [1.82, 2.24) is 14.5 Å². The fraction of sp³-hybridized carbons (Fsp3) is 0.318. The van der Waals surface area contributed by atoms with Gasteiger partial charge in [-0.1, -0.05) is 36.0 Å². The van der Waals surface area contributed by atoms with Crippen LogP contribution in [0.15, 0.2) is 52.4 Å². The predicted octanol–water partition coefficient (Wildman–Crippen LogP) is 3.72. The van der Waals surface area contributed by atoms with Crippen LogP contribution < -0.4 is 5.56 Å². The third kappa shape index (κ3) is 3.44. The number of para-hydroxylation sites is 1. The second-order valence-corrected chi connectivity index (χ2v) is 8.09. The van der Waals surface area contributed by atoms with E-state index in [0.717, 1.165) is 42.7 Å². The number of aromatic nitrogens is 2. The Morgan fingerprint density at radius 3 is 2.61 bits per heavy atom. The van der Waals surface area contributed by atoms with E-state index in [0.29, 0.717) is 16.1 Å². The Morgan fingerprint density at radius 1 is 1.07 bits per heavy atom. The molecule has 2 aromatic carbocycles. The molecule has 28 heavy (non-hydrogen) atoms. The van der Waals surface area contributed by atoms with E-state index in [9.17, 15) is 9.59 Å². The molecule has 1 aliphatic heterocycles. The average Bonchev–Trinajstić information content (AvgIpc) is 3.24. The SMILES string of the molecule is Cc1cccc(-n2c(SCC(=O)N3CCCC3)nc3ccccc3c2=O)c1C. The third-order valence-corrected chi connectivity index (χ3v) is 6.27. The summed E-state index contributed by atoms with van der Waals surface area (Å²) in [6.45, 7) is 5.70. The summed E-state index contributed by atoms with van der Waals surface area (Å²) in [5, 5.41) is 1.14. The molecule has 4 rings (SSSR count). The highest BCUT2D eigenvalue weighted by molar-refractivity contribution is 7.99. The predicted molar refractivity (Wildman–Crippen MR) is 113 cm³/mol. The maximum Gasteiger partial charge on any atom is 0.266 e. The number of carbonyl (C=O) groups excluding carboxylic acids is 1. The van der Waals surface area contributed by atoms with Crippen molar-refractivity contribution >= 4 is 28.6 Å². The molecule has 6 heteroatoms. The van der Waals surface area contributed by atoms with Gasteiger partial charge in [0.1, 0.15) is 0 Å². The van der Waals surface area contributed by atoms with Gasteiger partial charge in [-0.25, -0.2) is 4.98 Å². The third-order valence-electron chi connectivity index (χ3n) is 5.35. The van der Waals surface area contributed by atoms with Crippen molar-refractivity contribution in [3.63, 3.8) is 0 Å². The van der Waals surface area contributed by atoms with Crippen molar-refractivity contribution in [2.45, 2.75) is 31.8 Å². The first kappa shape index (κ1) is 18.7. The van der Waals surface area contributed by atoms with Gasteiger partial charge in [0.05, 0.1) is 22.3 Å². The number of amides is 1. The molecule has 1 saturated heterocycles. The Kier molecular flexibility index (Phi) is 5.22. The van der Waals surface area contributed by atoms with Gasteiger partial charge in [-0.05, 0) is 56.0 Å². The molecule has 2 heterocycles. The zero-order chi connectivity index (χ0) is 19.7. The standard InChI is InChI=1S/C22H23N3O2S/c1-15-8-7-11-19(16(15)2)25-21(27)17-9-3-4-10-18(17)23-22(25)28-14-20(26)24-12-5-6-13-24/h3-4,7-11H,5-6,12-14H2,1-2H3. The van der Waals surface area contributed by atoms with Crippen molar-refractivity contribution in [2.24, 2.45) is 0 Å². The van der Waals surface area contributed by atoms with Gasteiger partial charge in [0.2, 0.25) is 5.91 Å². The van der Waals surface area contributed by atoms with E-state index in [1.807, 2.05) is 55.1 Å². The number of benzene rings is 2. The Balaban J connectivity index is 1.80. The number of likely N-dealkylation sites (tertiary alicyclic amines) is 1. The number of fused-ring (bicyclic) bond motifs is 1. The van der Waals surface area contributed by atoms with Crippen LogP contribution in [0.5, 0.6) is 0 Å². The monoisotopic (exact) mass is 393 g/mol. The topological polar surface area (TPSA) is 55.2 Å². The van der Waals surface area contributed by atoms with E-state index in [4.69, 9.17) is 4.98 Å². The summed E-state index contributed by atoms with van der Waals surface area (Å²) in [7, 11) is 0. The minimum Gasteiger partial charge on any atom is -0.342 e. The maximum absolute atomic E-state index is 13.3. The highest BCUT2D eigenvalue weighted by Gasteiger charge is 2.20. The number of thioether (sulfide) groups is 1. The van der Waals surface area contributed by atoms with Gasteiger partial charge < -0.3 is 4.90 Å². The normalized spacial score (nSPS) is 14.0. The van der Waals surface area contributed by atoms with E-state index < -0.39 is 0 Å². The minimum absolute atomic E-state index is 0.101. The number of aryl methyl sites for hydroxylation is 1. The lowest BCUT2D eigenvalue weighted by Crippen LogP contribution is -2.30. The first-order valence-corrected chi connectivity index (χ1v) is 10.5. The summed E-state index contributed by atoms with van der Waals surface area (Å²) in [4.78, 5) is 32.5. The van der Waals surface area contributed by atoms with Crippen LogP contribution >= 0.6 is 11.8 Å². The molecular weight excluding hydrogens is 370 g/mol. The van der Waals surface area contributed by atoms with Gasteiger partial charge in [0, 0.05) is 13.1 Å². The summed E-state index contributed by atoms with van der Waals surface area (Å²) in [5.74, 6) is 0.396. The molecule has 1 aliphatic rings. The molecule has 1 aromatic heterocycles. The smallest absolute Gasteiger partial charge is 0.266 e. The van der Waals surface area contributed by atoms with Gasteiger partial charge in [0.15, 0.2) is 5.16 Å². The first-order chi connectivity index (χ1) is 13.6. The lowest BCUT2D eigenvalue weighted by atomic mass is 10.1. The van der Waals surface area contributed by atoms with Crippen molar-refractivity contribution in [2.75, 3.05) is 18.8 Å². The van der Waals surface area contributed by atoms with Crippen LogP contribution in [0.2, 0.25) is 0 Å². The van der Waals surface area contributed by atoms with Crippen LogP contribution in [0, 0.1) is 13.8 Å². The number of hydrogen-bond donors (Lipinski definition) is 0. The maximum atomic E-state index is 13.3. The van der Waals surface area contributed by atoms with Crippen LogP contribution in [0.1, 0.15) is 24.0 Å². The molecule has 0 aliphatic carbocycles. The summed E-state index contributed by atoms with van der Waals surface area (Å²) < 4.78 is 1.66. The fourth-order valence-electron chi connectivity index (χ4n) is 3.58. The molecule has 0 unspecified atom stereocenters. The molecule has 0 spiro atoms. The van der Waals surface area contributed by atoms with Gasteiger partial charge in [0.25, 0.3) is 5.56 Å². The number of rotatable bonds is 4. The summed E-state index contributed by atoms with van der Waals surface area (Å²) in [6, 6.07) is 13.3. The Bertz CT molecular complexity index is 1100. The molecule has 0 bridgehead atoms. The van der Waals surface area contributed by atoms with Crippen molar-refractivity contribution < 1.29 is 4.79 Å². The molecule has 5 nitrogen and oxygen atoms in total. The Hall–Kier alpha value is -2.60. The zero-order valence-corrected chi connectivity index (χ0v) is 17.0. The van der Waals surface area contributed by atoms with Crippen LogP contribution in [0.25, 0.3) is 16.6 Å². The summed E-state index contributed by atoms with van der Waals surface area (Å²) >= 11 is 1.34. The minimum atomic E-state index is -0.101. The fourth-order valence-corrected chi connectivity index (χ4v) is 4.49. The quantitative estimate of drug-likeness (QED) is 0.501. The Morgan fingerprint density at radius 2 is 1.82 bits per heavy atom. The van der Waals surface area contributed by atoms with E-state index in [-0.39, 0.29) is 17.2 Å². The molecule has 3 aromatic rings. The molecular formula is C22H23N3O2S. The second kappa shape index (κ2) is 7.80. The van der Waals surface area contributed by atoms with Crippen molar-refractivity contribution in [3.05, 3.63) is 63.9 Å². The first-order valence-electron chi connectivity index (χ1n) is 9.55. The van der Waals surface area contributed by atoms with Crippen LogP contribution in [-0.4, -0.2) is 39.2 Å². The van der Waals surface area contributed by atoms with Gasteiger partial charge >= 0.3 is 0 Å². The molecule has 144 valence electrons. The molecule has 1 fully saturated rings. The summed E-state index contributed by atoms with van der Waals surface area (Å²) in [6.07, 6.45) is 2.13. The number of nitrogens with zero attached hydrogens (tertiary/aromatic N) is 3. The molecule has 0 N–H and O–H groups in total. The second-order valence-electron chi connectivity index (χ2n) is 7.15. The number of hydrogen-bond acceptors (Lipinski definition) is 4. The highest BCUT2D eigenvalue weighted by atomic mass is 32.2. The van der Waals surface area contributed by atoms with Crippen LogP contribution in [-0.2, 0) is 4.79 Å².